The first-order chi connectivity index (χ1) is 12.3. The van der Waals surface area contributed by atoms with Crippen molar-refractivity contribution in [2.24, 2.45) is 0 Å². The van der Waals surface area contributed by atoms with Crippen LogP contribution in [-0.2, 0) is 19.5 Å². The first kappa shape index (κ1) is 15.7. The molecular weight excluding hydrogens is 316 g/mol. The minimum absolute atomic E-state index is 0.615. The Labute approximate surface area is 147 Å². The van der Waals surface area contributed by atoms with Gasteiger partial charge in [0, 0.05) is 24.8 Å². The van der Waals surface area contributed by atoms with E-state index in [-0.39, 0.29) is 0 Å². The van der Waals surface area contributed by atoms with Gasteiger partial charge in [-0.25, -0.2) is 4.98 Å². The Kier molecular flexibility index (Phi) is 4.41. The lowest BCUT2D eigenvalue weighted by atomic mass is 10.1. The Morgan fingerprint density at radius 1 is 1.08 bits per heavy atom. The summed E-state index contributed by atoms with van der Waals surface area (Å²) in [5.41, 5.74) is 3.43. The van der Waals surface area contributed by atoms with Crippen LogP contribution in [0.15, 0.2) is 43.1 Å². The molecule has 1 aliphatic rings. The molecule has 1 aliphatic heterocycles. The van der Waals surface area contributed by atoms with E-state index >= 15 is 0 Å². The van der Waals surface area contributed by atoms with Gasteiger partial charge in [0.1, 0.15) is 13.2 Å². The van der Waals surface area contributed by atoms with Gasteiger partial charge in [-0.2, -0.15) is 5.10 Å². The lowest BCUT2D eigenvalue weighted by Gasteiger charge is -2.19. The second-order valence-corrected chi connectivity index (χ2v) is 6.19. The fourth-order valence-electron chi connectivity index (χ4n) is 3.08. The van der Waals surface area contributed by atoms with Gasteiger partial charge in [0.25, 0.3) is 0 Å². The molecule has 4 rings (SSSR count). The third kappa shape index (κ3) is 3.38. The monoisotopic (exact) mass is 338 g/mol. The zero-order valence-electron chi connectivity index (χ0n) is 14.4. The maximum Gasteiger partial charge on any atom is 0.161 e. The van der Waals surface area contributed by atoms with Crippen LogP contribution in [0.3, 0.4) is 0 Å². The maximum absolute atomic E-state index is 5.66. The molecule has 0 amide bonds. The fourth-order valence-corrected chi connectivity index (χ4v) is 3.08. The molecule has 0 unspecified atom stereocenters. The lowest BCUT2D eigenvalue weighted by molar-refractivity contribution is 0.171. The quantitative estimate of drug-likeness (QED) is 0.693. The molecule has 0 spiro atoms. The summed E-state index contributed by atoms with van der Waals surface area (Å²) in [5.74, 6) is 1.68. The van der Waals surface area contributed by atoms with Crippen LogP contribution in [0.25, 0.3) is 11.3 Å². The number of ether oxygens (including phenoxy) is 2. The van der Waals surface area contributed by atoms with Crippen molar-refractivity contribution in [3.63, 3.8) is 0 Å². The van der Waals surface area contributed by atoms with Crippen molar-refractivity contribution in [1.29, 1.82) is 0 Å². The van der Waals surface area contributed by atoms with Crippen LogP contribution < -0.4 is 9.47 Å². The van der Waals surface area contributed by atoms with E-state index in [1.165, 1.54) is 5.56 Å². The number of imidazole rings is 1. The van der Waals surface area contributed by atoms with Gasteiger partial charge >= 0.3 is 0 Å². The highest BCUT2D eigenvalue weighted by atomic mass is 16.6. The van der Waals surface area contributed by atoms with Crippen LogP contribution in [0.1, 0.15) is 18.9 Å². The molecule has 0 N–H and O–H groups in total. The van der Waals surface area contributed by atoms with Gasteiger partial charge in [0.2, 0.25) is 0 Å². The first-order valence-electron chi connectivity index (χ1n) is 8.75. The minimum atomic E-state index is 0.615. The van der Waals surface area contributed by atoms with E-state index in [1.54, 1.807) is 0 Å². The predicted molar refractivity (Wildman–Crippen MR) is 94.9 cm³/mol. The number of benzene rings is 1. The summed E-state index contributed by atoms with van der Waals surface area (Å²) < 4.78 is 15.4. The normalized spacial score (nSPS) is 13.2. The summed E-state index contributed by atoms with van der Waals surface area (Å²) >= 11 is 0. The number of fused-ring (bicyclic) bond motifs is 1. The van der Waals surface area contributed by atoms with E-state index in [4.69, 9.17) is 9.47 Å². The fraction of sp³-hybridized carbons (Fsp3) is 0.368. The standard InChI is InChI=1S/C19H22N4O2/c1-2-6-23-13-16(11-21-23)17-12-20-14-22(17)7-5-15-3-4-18-19(10-15)25-9-8-24-18/h3-4,10-14H,2,5-9H2,1H3. The molecule has 130 valence electrons. The second-order valence-electron chi connectivity index (χ2n) is 6.19. The Morgan fingerprint density at radius 2 is 1.96 bits per heavy atom. The van der Waals surface area contributed by atoms with Crippen LogP contribution in [-0.4, -0.2) is 32.5 Å². The average Bonchev–Trinajstić information content (AvgIpc) is 3.29. The summed E-state index contributed by atoms with van der Waals surface area (Å²) in [4.78, 5) is 4.32. The first-order valence-corrected chi connectivity index (χ1v) is 8.75. The van der Waals surface area contributed by atoms with E-state index in [1.807, 2.05) is 29.5 Å². The maximum atomic E-state index is 5.66. The van der Waals surface area contributed by atoms with Crippen LogP contribution in [0, 0.1) is 0 Å². The molecule has 0 saturated carbocycles. The molecule has 0 aliphatic carbocycles. The number of hydrogen-bond donors (Lipinski definition) is 0. The van der Waals surface area contributed by atoms with Crippen molar-refractivity contribution in [2.75, 3.05) is 13.2 Å². The summed E-state index contributed by atoms with van der Waals surface area (Å²) in [7, 11) is 0. The van der Waals surface area contributed by atoms with Crippen molar-refractivity contribution in [2.45, 2.75) is 32.9 Å². The Balaban J connectivity index is 1.47. The molecule has 3 heterocycles. The van der Waals surface area contributed by atoms with Crippen molar-refractivity contribution in [3.05, 3.63) is 48.7 Å². The number of hydrogen-bond acceptors (Lipinski definition) is 4. The molecule has 0 saturated heterocycles. The van der Waals surface area contributed by atoms with E-state index in [0.29, 0.717) is 13.2 Å². The Morgan fingerprint density at radius 3 is 2.84 bits per heavy atom. The third-order valence-electron chi connectivity index (χ3n) is 4.34. The zero-order chi connectivity index (χ0) is 17.1. The molecule has 2 aromatic heterocycles. The van der Waals surface area contributed by atoms with E-state index in [2.05, 4.69) is 39.9 Å². The zero-order valence-corrected chi connectivity index (χ0v) is 14.4. The van der Waals surface area contributed by atoms with Gasteiger partial charge in [-0.3, -0.25) is 4.68 Å². The number of aryl methyl sites for hydroxylation is 3. The molecule has 0 fully saturated rings. The average molecular weight is 338 g/mol. The largest absolute Gasteiger partial charge is 0.486 e. The number of nitrogens with zero attached hydrogens (tertiary/aromatic N) is 4. The molecule has 3 aromatic rings. The van der Waals surface area contributed by atoms with Crippen LogP contribution in [0.4, 0.5) is 0 Å². The summed E-state index contributed by atoms with van der Waals surface area (Å²) in [6, 6.07) is 6.17. The van der Waals surface area contributed by atoms with Crippen LogP contribution in [0.2, 0.25) is 0 Å². The van der Waals surface area contributed by atoms with E-state index in [9.17, 15) is 0 Å². The van der Waals surface area contributed by atoms with Gasteiger partial charge in [-0.15, -0.1) is 0 Å². The number of aromatic nitrogens is 4. The van der Waals surface area contributed by atoms with Crippen molar-refractivity contribution < 1.29 is 9.47 Å². The van der Waals surface area contributed by atoms with Crippen molar-refractivity contribution in [1.82, 2.24) is 19.3 Å². The predicted octanol–water partition coefficient (Wildman–Crippen LogP) is 3.17. The summed E-state index contributed by atoms with van der Waals surface area (Å²) in [6.07, 6.45) is 9.75. The van der Waals surface area contributed by atoms with Crippen LogP contribution >= 0.6 is 0 Å². The van der Waals surface area contributed by atoms with Gasteiger partial charge in [0.15, 0.2) is 11.5 Å². The SMILES string of the molecule is CCCn1cc(-c2cncn2CCc2ccc3c(c2)OCCO3)cn1. The van der Waals surface area contributed by atoms with Crippen LogP contribution in [0.5, 0.6) is 11.5 Å². The van der Waals surface area contributed by atoms with E-state index < -0.39 is 0 Å². The molecule has 0 bridgehead atoms. The lowest BCUT2D eigenvalue weighted by Crippen LogP contribution is -2.15. The third-order valence-corrected chi connectivity index (χ3v) is 4.34. The molecule has 6 heteroatoms. The van der Waals surface area contributed by atoms with Gasteiger partial charge in [-0.05, 0) is 30.5 Å². The van der Waals surface area contributed by atoms with Gasteiger partial charge in [-0.1, -0.05) is 13.0 Å². The molecule has 0 atom stereocenters. The van der Waals surface area contributed by atoms with Crippen molar-refractivity contribution >= 4 is 0 Å². The molecular formula is C19H22N4O2. The molecule has 0 radical (unpaired) electrons. The summed E-state index contributed by atoms with van der Waals surface area (Å²) in [6.45, 7) is 5.18. The minimum Gasteiger partial charge on any atom is -0.486 e. The molecule has 25 heavy (non-hydrogen) atoms. The highest BCUT2D eigenvalue weighted by molar-refractivity contribution is 5.56. The molecule has 6 nitrogen and oxygen atoms in total. The highest BCUT2D eigenvalue weighted by Gasteiger charge is 2.12. The second kappa shape index (κ2) is 7.01. The Bertz CT molecular complexity index is 853. The Hall–Kier alpha value is -2.76. The molecule has 1 aromatic carbocycles. The topological polar surface area (TPSA) is 54.1 Å². The van der Waals surface area contributed by atoms with Gasteiger partial charge in [0.05, 0.1) is 24.4 Å². The number of rotatable bonds is 6. The smallest absolute Gasteiger partial charge is 0.161 e. The van der Waals surface area contributed by atoms with E-state index in [0.717, 1.165) is 48.7 Å². The van der Waals surface area contributed by atoms with Crippen molar-refractivity contribution in [3.8, 4) is 22.8 Å². The summed E-state index contributed by atoms with van der Waals surface area (Å²) in [5, 5.41) is 4.41. The highest BCUT2D eigenvalue weighted by Crippen LogP contribution is 2.31. The van der Waals surface area contributed by atoms with Gasteiger partial charge < -0.3 is 14.0 Å².